The van der Waals surface area contributed by atoms with Crippen LogP contribution in [0, 0.1) is 0 Å². The van der Waals surface area contributed by atoms with Crippen molar-refractivity contribution < 1.29 is 10.2 Å². The van der Waals surface area contributed by atoms with E-state index < -0.39 is 0 Å². The van der Waals surface area contributed by atoms with Crippen LogP contribution >= 0.6 is 0 Å². The second kappa shape index (κ2) is 5.45. The topological polar surface area (TPSA) is 40.5 Å². The lowest BCUT2D eigenvalue weighted by atomic mass is 10.1. The van der Waals surface area contributed by atoms with E-state index in [0.717, 1.165) is 18.4 Å². The molecule has 0 aliphatic rings. The molecule has 0 atom stereocenters. The van der Waals surface area contributed by atoms with Crippen LogP contribution in [0.4, 0.5) is 0 Å². The van der Waals surface area contributed by atoms with Crippen molar-refractivity contribution in [1.29, 1.82) is 0 Å². The smallest absolute Gasteiger partial charge is 0.121 e. The molecule has 76 valence electrons. The van der Waals surface area contributed by atoms with E-state index in [2.05, 4.69) is 6.08 Å². The van der Waals surface area contributed by atoms with Crippen molar-refractivity contribution in [1.82, 2.24) is 0 Å². The second-order valence-corrected chi connectivity index (χ2v) is 3.23. The first-order valence-electron chi connectivity index (χ1n) is 4.80. The Morgan fingerprint density at radius 3 is 2.79 bits per heavy atom. The Balaban J connectivity index is 2.69. The van der Waals surface area contributed by atoms with E-state index in [1.807, 2.05) is 25.1 Å². The van der Waals surface area contributed by atoms with Crippen molar-refractivity contribution >= 4 is 0 Å². The molecule has 1 aromatic carbocycles. The number of benzene rings is 1. The van der Waals surface area contributed by atoms with Gasteiger partial charge in [-0.2, -0.15) is 0 Å². The maximum Gasteiger partial charge on any atom is 0.121 e. The molecule has 2 N–H and O–H groups in total. The number of allylic oxidation sites excluding steroid dienone is 2. The zero-order valence-corrected chi connectivity index (χ0v) is 8.40. The van der Waals surface area contributed by atoms with Crippen LogP contribution in [-0.4, -0.2) is 10.2 Å². The molecular formula is C12H16O2. The molecule has 0 radical (unpaired) electrons. The third-order valence-corrected chi connectivity index (χ3v) is 2.15. The normalized spacial score (nSPS) is 11.0. The molecule has 0 aliphatic carbocycles. The van der Waals surface area contributed by atoms with E-state index in [1.54, 1.807) is 6.07 Å². The first-order chi connectivity index (χ1) is 6.77. The number of aryl methyl sites for hydroxylation is 1. The molecule has 2 heteroatoms. The van der Waals surface area contributed by atoms with Gasteiger partial charge in [0.05, 0.1) is 6.61 Å². The van der Waals surface area contributed by atoms with E-state index in [4.69, 9.17) is 5.11 Å². The molecule has 0 aliphatic heterocycles. The van der Waals surface area contributed by atoms with E-state index in [0.29, 0.717) is 5.56 Å². The minimum Gasteiger partial charge on any atom is -0.508 e. The van der Waals surface area contributed by atoms with Gasteiger partial charge in [-0.15, -0.1) is 0 Å². The average Bonchev–Trinajstić information content (AvgIpc) is 2.21. The minimum atomic E-state index is -0.108. The average molecular weight is 192 g/mol. The predicted molar refractivity (Wildman–Crippen MR) is 57.2 cm³/mol. The Hall–Kier alpha value is -1.28. The highest BCUT2D eigenvalue weighted by Crippen LogP contribution is 2.19. The van der Waals surface area contributed by atoms with Crippen molar-refractivity contribution in [3.8, 4) is 5.75 Å². The molecule has 0 fully saturated rings. The maximum atomic E-state index is 9.33. The van der Waals surface area contributed by atoms with E-state index in [-0.39, 0.29) is 12.4 Å². The van der Waals surface area contributed by atoms with Gasteiger partial charge in [-0.25, -0.2) is 0 Å². The molecule has 2 nitrogen and oxygen atoms in total. The number of aromatic hydroxyl groups is 1. The van der Waals surface area contributed by atoms with Gasteiger partial charge in [0.1, 0.15) is 5.75 Å². The fraction of sp³-hybridized carbons (Fsp3) is 0.333. The summed E-state index contributed by atoms with van der Waals surface area (Å²) < 4.78 is 0. The summed E-state index contributed by atoms with van der Waals surface area (Å²) in [5.41, 5.74) is 1.74. The molecule has 0 heterocycles. The maximum absolute atomic E-state index is 9.33. The van der Waals surface area contributed by atoms with E-state index in [1.165, 1.54) is 0 Å². The van der Waals surface area contributed by atoms with Crippen LogP contribution in [0.2, 0.25) is 0 Å². The number of aliphatic hydroxyl groups is 1. The highest BCUT2D eigenvalue weighted by molar-refractivity contribution is 5.35. The van der Waals surface area contributed by atoms with Gasteiger partial charge in [-0.3, -0.25) is 0 Å². The molecule has 0 saturated carbocycles. The minimum absolute atomic E-state index is 0.108. The molecule has 14 heavy (non-hydrogen) atoms. The summed E-state index contributed by atoms with van der Waals surface area (Å²) in [6.45, 7) is 1.89. The van der Waals surface area contributed by atoms with Crippen LogP contribution in [0.15, 0.2) is 30.4 Å². The molecular weight excluding hydrogens is 176 g/mol. The molecule has 1 aromatic rings. The van der Waals surface area contributed by atoms with Gasteiger partial charge in [0, 0.05) is 5.56 Å². The van der Waals surface area contributed by atoms with Gasteiger partial charge in [-0.05, 0) is 37.5 Å². The molecule has 0 spiro atoms. The molecule has 0 unspecified atom stereocenters. The standard InChI is InChI=1S/C12H16O2/c1-2-3-4-5-10-6-7-12(14)11(8-10)9-13/h2-3,6-8,13-14H,4-5,9H2,1H3/b3-2-. The number of hydrogen-bond donors (Lipinski definition) is 2. The van der Waals surface area contributed by atoms with Crippen molar-refractivity contribution in [3.05, 3.63) is 41.5 Å². The summed E-state index contributed by atoms with van der Waals surface area (Å²) in [6, 6.07) is 5.37. The van der Waals surface area contributed by atoms with Gasteiger partial charge >= 0.3 is 0 Å². The first-order valence-corrected chi connectivity index (χ1v) is 4.80. The monoisotopic (exact) mass is 192 g/mol. The third-order valence-electron chi connectivity index (χ3n) is 2.15. The van der Waals surface area contributed by atoms with Crippen molar-refractivity contribution in [3.63, 3.8) is 0 Å². The van der Waals surface area contributed by atoms with Gasteiger partial charge in [-0.1, -0.05) is 18.2 Å². The summed E-state index contributed by atoms with van der Waals surface area (Å²) in [5.74, 6) is 0.169. The number of phenols is 1. The lowest BCUT2D eigenvalue weighted by Gasteiger charge is -2.04. The van der Waals surface area contributed by atoms with Crippen LogP contribution in [0.25, 0.3) is 0 Å². The van der Waals surface area contributed by atoms with Crippen molar-refractivity contribution in [2.45, 2.75) is 26.4 Å². The summed E-state index contributed by atoms with van der Waals surface area (Å²) in [7, 11) is 0. The first kappa shape index (κ1) is 10.8. The summed E-state index contributed by atoms with van der Waals surface area (Å²) >= 11 is 0. The number of rotatable bonds is 4. The summed E-state index contributed by atoms with van der Waals surface area (Å²) in [5, 5.41) is 18.3. The van der Waals surface area contributed by atoms with Crippen molar-refractivity contribution in [2.24, 2.45) is 0 Å². The Bertz CT molecular complexity index is 316. The predicted octanol–water partition coefficient (Wildman–Crippen LogP) is 2.39. The second-order valence-electron chi connectivity index (χ2n) is 3.23. The van der Waals surface area contributed by atoms with E-state index >= 15 is 0 Å². The van der Waals surface area contributed by atoms with Crippen LogP contribution < -0.4 is 0 Å². The Morgan fingerprint density at radius 2 is 2.14 bits per heavy atom. The Kier molecular flexibility index (Phi) is 4.20. The fourth-order valence-corrected chi connectivity index (χ4v) is 1.34. The molecule has 0 aromatic heterocycles. The lowest BCUT2D eigenvalue weighted by Crippen LogP contribution is -1.89. The van der Waals surface area contributed by atoms with Crippen molar-refractivity contribution in [2.75, 3.05) is 0 Å². The number of hydrogen-bond acceptors (Lipinski definition) is 2. The van der Waals surface area contributed by atoms with Crippen LogP contribution in [0.5, 0.6) is 5.75 Å². The van der Waals surface area contributed by atoms with Gasteiger partial charge in [0.2, 0.25) is 0 Å². The van der Waals surface area contributed by atoms with Gasteiger partial charge in [0.15, 0.2) is 0 Å². The van der Waals surface area contributed by atoms with E-state index in [9.17, 15) is 5.11 Å². The molecule has 0 saturated heterocycles. The zero-order valence-electron chi connectivity index (χ0n) is 8.40. The van der Waals surface area contributed by atoms with Crippen LogP contribution in [0.1, 0.15) is 24.5 Å². The van der Waals surface area contributed by atoms with Crippen LogP contribution in [0.3, 0.4) is 0 Å². The number of aliphatic hydroxyl groups excluding tert-OH is 1. The zero-order chi connectivity index (χ0) is 10.4. The molecule has 0 amide bonds. The lowest BCUT2D eigenvalue weighted by molar-refractivity contribution is 0.275. The third kappa shape index (κ3) is 2.89. The quantitative estimate of drug-likeness (QED) is 0.719. The highest BCUT2D eigenvalue weighted by Gasteiger charge is 2.00. The Morgan fingerprint density at radius 1 is 1.36 bits per heavy atom. The van der Waals surface area contributed by atoms with Crippen LogP contribution in [-0.2, 0) is 13.0 Å². The van der Waals surface area contributed by atoms with Gasteiger partial charge in [0.25, 0.3) is 0 Å². The molecule has 0 bridgehead atoms. The van der Waals surface area contributed by atoms with Gasteiger partial charge < -0.3 is 10.2 Å². The fourth-order valence-electron chi connectivity index (χ4n) is 1.34. The largest absolute Gasteiger partial charge is 0.508 e. The SMILES string of the molecule is C/C=C\CCc1ccc(O)c(CO)c1. The molecule has 1 rings (SSSR count). The highest BCUT2D eigenvalue weighted by atomic mass is 16.3. The summed E-state index contributed by atoms with van der Waals surface area (Å²) in [4.78, 5) is 0. The summed E-state index contributed by atoms with van der Waals surface area (Å²) in [6.07, 6.45) is 6.06. The Labute approximate surface area is 84.5 Å².